The fourth-order valence-corrected chi connectivity index (χ4v) is 2.64. The van der Waals surface area contributed by atoms with Gasteiger partial charge in [0.1, 0.15) is 11.9 Å². The number of rotatable bonds is 6. The number of para-hydroxylation sites is 2. The summed E-state index contributed by atoms with van der Waals surface area (Å²) in [7, 11) is 0. The van der Waals surface area contributed by atoms with Crippen LogP contribution in [0.5, 0.6) is 11.5 Å². The van der Waals surface area contributed by atoms with Crippen LogP contribution in [0.3, 0.4) is 0 Å². The summed E-state index contributed by atoms with van der Waals surface area (Å²) in [5.41, 5.74) is 0.185. The second kappa shape index (κ2) is 7.30. The maximum absolute atomic E-state index is 12.6. The quantitative estimate of drug-likeness (QED) is 0.577. The van der Waals surface area contributed by atoms with Crippen LogP contribution in [-0.2, 0) is 4.79 Å². The van der Waals surface area contributed by atoms with Crippen molar-refractivity contribution in [2.24, 2.45) is 0 Å². The third kappa shape index (κ3) is 3.53. The predicted octanol–water partition coefficient (Wildman–Crippen LogP) is 2.78. The smallest absolute Gasteiger partial charge is 0.406 e. The highest BCUT2D eigenvalue weighted by Crippen LogP contribution is 2.34. The first-order chi connectivity index (χ1) is 12.5. The van der Waals surface area contributed by atoms with E-state index in [0.29, 0.717) is 0 Å². The molecule has 10 heteroatoms. The number of pyridine rings is 1. The zero-order valence-electron chi connectivity index (χ0n) is 13.2. The maximum atomic E-state index is 12.6. The molecule has 8 nitrogen and oxygen atoms in total. The number of aromatic nitrogens is 1. The molecule has 1 fully saturated rings. The Labute approximate surface area is 146 Å². The highest BCUT2D eigenvalue weighted by Gasteiger charge is 2.37. The number of nitro groups is 1. The third-order valence-electron chi connectivity index (χ3n) is 3.72. The first-order valence-corrected chi connectivity index (χ1v) is 7.58. The molecule has 0 aliphatic carbocycles. The Hall–Kier alpha value is -3.30. The van der Waals surface area contributed by atoms with E-state index < -0.39 is 29.4 Å². The molecule has 2 heterocycles. The van der Waals surface area contributed by atoms with E-state index in [4.69, 9.17) is 4.74 Å². The van der Waals surface area contributed by atoms with Crippen molar-refractivity contribution in [3.8, 4) is 11.5 Å². The van der Waals surface area contributed by atoms with Crippen LogP contribution in [0.1, 0.15) is 6.42 Å². The fourth-order valence-electron chi connectivity index (χ4n) is 2.64. The first-order valence-electron chi connectivity index (χ1n) is 7.58. The van der Waals surface area contributed by atoms with Gasteiger partial charge in [0.2, 0.25) is 5.75 Å². The van der Waals surface area contributed by atoms with Crippen molar-refractivity contribution >= 4 is 17.4 Å². The Morgan fingerprint density at radius 2 is 1.96 bits per heavy atom. The van der Waals surface area contributed by atoms with Crippen molar-refractivity contribution in [2.45, 2.75) is 19.1 Å². The van der Waals surface area contributed by atoms with Crippen molar-refractivity contribution in [2.75, 3.05) is 11.4 Å². The molecule has 0 radical (unpaired) electrons. The Bertz CT molecular complexity index is 833. The van der Waals surface area contributed by atoms with Gasteiger partial charge in [0.05, 0.1) is 5.69 Å². The van der Waals surface area contributed by atoms with Gasteiger partial charge in [-0.1, -0.05) is 12.1 Å². The van der Waals surface area contributed by atoms with Gasteiger partial charge in [0.15, 0.2) is 6.10 Å². The Morgan fingerprint density at radius 3 is 2.69 bits per heavy atom. The molecule has 1 saturated heterocycles. The lowest BCUT2D eigenvalue weighted by molar-refractivity contribution is -0.390. The van der Waals surface area contributed by atoms with Gasteiger partial charge in [-0.05, 0) is 34.2 Å². The summed E-state index contributed by atoms with van der Waals surface area (Å²) in [6.45, 7) is -2.83. The molecule has 1 aliphatic rings. The summed E-state index contributed by atoms with van der Waals surface area (Å²) in [5.74, 6) is -1.27. The number of ether oxygens (including phenoxy) is 2. The van der Waals surface area contributed by atoms with Crippen molar-refractivity contribution in [3.05, 3.63) is 52.7 Å². The van der Waals surface area contributed by atoms with Crippen LogP contribution in [0.4, 0.5) is 20.3 Å². The standard InChI is InChI=1S/C16H13F2N3O5/c17-16(18)26-11-5-2-1-4-10(11)20-9-7-13(15(20)22)25-12-6-3-8-19-14(12)21(23)24/h1-6,8,13,16H,7,9H2. The molecule has 26 heavy (non-hydrogen) atoms. The lowest BCUT2D eigenvalue weighted by Gasteiger charge is -2.20. The van der Waals surface area contributed by atoms with Crippen molar-refractivity contribution in [3.63, 3.8) is 0 Å². The van der Waals surface area contributed by atoms with Crippen LogP contribution < -0.4 is 14.4 Å². The number of carbonyl (C=O) groups is 1. The molecule has 1 unspecified atom stereocenters. The second-order valence-electron chi connectivity index (χ2n) is 5.31. The second-order valence-corrected chi connectivity index (χ2v) is 5.31. The van der Waals surface area contributed by atoms with Crippen LogP contribution in [-0.4, -0.2) is 35.1 Å². The highest BCUT2D eigenvalue weighted by atomic mass is 19.3. The van der Waals surface area contributed by atoms with Crippen LogP contribution in [0, 0.1) is 10.1 Å². The van der Waals surface area contributed by atoms with Gasteiger partial charge < -0.3 is 24.5 Å². The van der Waals surface area contributed by atoms with E-state index in [0.717, 1.165) is 0 Å². The zero-order valence-corrected chi connectivity index (χ0v) is 13.2. The topological polar surface area (TPSA) is 94.8 Å². The van der Waals surface area contributed by atoms with E-state index in [-0.39, 0.29) is 30.2 Å². The Balaban J connectivity index is 1.81. The predicted molar refractivity (Wildman–Crippen MR) is 85.4 cm³/mol. The third-order valence-corrected chi connectivity index (χ3v) is 3.72. The number of anilines is 1. The van der Waals surface area contributed by atoms with Crippen LogP contribution in [0.2, 0.25) is 0 Å². The molecular weight excluding hydrogens is 352 g/mol. The molecule has 1 aliphatic heterocycles. The van der Waals surface area contributed by atoms with Crippen LogP contribution in [0.15, 0.2) is 42.6 Å². The van der Waals surface area contributed by atoms with E-state index in [1.165, 1.54) is 41.4 Å². The van der Waals surface area contributed by atoms with Crippen LogP contribution >= 0.6 is 0 Å². The van der Waals surface area contributed by atoms with Gasteiger partial charge in [0, 0.05) is 13.0 Å². The van der Waals surface area contributed by atoms with E-state index in [1.807, 2.05) is 0 Å². The summed E-state index contributed by atoms with van der Waals surface area (Å²) >= 11 is 0. The van der Waals surface area contributed by atoms with Gasteiger partial charge in [-0.25, -0.2) is 0 Å². The zero-order chi connectivity index (χ0) is 18.7. The summed E-state index contributed by atoms with van der Waals surface area (Å²) in [4.78, 5) is 27.7. The number of carbonyl (C=O) groups excluding carboxylic acids is 1. The lowest BCUT2D eigenvalue weighted by Crippen LogP contribution is -2.32. The van der Waals surface area contributed by atoms with Crippen molar-refractivity contribution in [1.29, 1.82) is 0 Å². The monoisotopic (exact) mass is 365 g/mol. The summed E-state index contributed by atoms with van der Waals surface area (Å²) in [6, 6.07) is 8.69. The number of benzene rings is 1. The van der Waals surface area contributed by atoms with E-state index in [1.54, 1.807) is 6.07 Å². The van der Waals surface area contributed by atoms with Gasteiger partial charge in [-0.3, -0.25) is 4.79 Å². The Kier molecular flexibility index (Phi) is 4.92. The summed E-state index contributed by atoms with van der Waals surface area (Å²) < 4.78 is 35.0. The van der Waals surface area contributed by atoms with E-state index >= 15 is 0 Å². The molecular formula is C16H13F2N3O5. The molecule has 0 saturated carbocycles. The largest absolute Gasteiger partial charge is 0.472 e. The van der Waals surface area contributed by atoms with E-state index in [2.05, 4.69) is 9.72 Å². The minimum Gasteiger partial charge on any atom is -0.472 e. The number of halogens is 2. The normalized spacial score (nSPS) is 16.8. The molecule has 0 spiro atoms. The van der Waals surface area contributed by atoms with Gasteiger partial charge in [0.25, 0.3) is 5.91 Å². The highest BCUT2D eigenvalue weighted by molar-refractivity contribution is 6.00. The molecule has 1 aromatic carbocycles. The SMILES string of the molecule is O=C1C(Oc2cccnc2[N+](=O)[O-])CCN1c1ccccc1OC(F)F. The fraction of sp³-hybridized carbons (Fsp3) is 0.250. The van der Waals surface area contributed by atoms with Gasteiger partial charge in [-0.2, -0.15) is 8.78 Å². The number of hydrogen-bond donors (Lipinski definition) is 0. The molecule has 0 bridgehead atoms. The molecule has 1 aromatic heterocycles. The summed E-state index contributed by atoms with van der Waals surface area (Å²) in [5, 5.41) is 11.0. The number of alkyl halides is 2. The average molecular weight is 365 g/mol. The molecule has 3 rings (SSSR count). The van der Waals surface area contributed by atoms with E-state index in [9.17, 15) is 23.7 Å². The van der Waals surface area contributed by atoms with Crippen molar-refractivity contribution < 1.29 is 28.0 Å². The Morgan fingerprint density at radius 1 is 1.23 bits per heavy atom. The molecule has 136 valence electrons. The van der Waals surface area contributed by atoms with Gasteiger partial charge in [-0.15, -0.1) is 0 Å². The molecule has 2 aromatic rings. The number of amides is 1. The maximum Gasteiger partial charge on any atom is 0.406 e. The molecule has 1 amide bonds. The minimum atomic E-state index is -3.03. The minimum absolute atomic E-state index is 0.130. The van der Waals surface area contributed by atoms with Crippen molar-refractivity contribution in [1.82, 2.24) is 4.98 Å². The summed E-state index contributed by atoms with van der Waals surface area (Å²) in [6.07, 6.45) is 0.483. The number of nitrogens with zero attached hydrogens (tertiary/aromatic N) is 3. The first kappa shape index (κ1) is 17.5. The van der Waals surface area contributed by atoms with Gasteiger partial charge >= 0.3 is 12.4 Å². The molecule has 1 atom stereocenters. The molecule has 0 N–H and O–H groups in total. The van der Waals surface area contributed by atoms with Crippen LogP contribution in [0.25, 0.3) is 0 Å². The number of hydrogen-bond acceptors (Lipinski definition) is 6. The lowest BCUT2D eigenvalue weighted by atomic mass is 10.2. The average Bonchev–Trinajstić information content (AvgIpc) is 2.96.